The number of carbonyl (C=O) groups excluding carboxylic acids is 1. The van der Waals surface area contributed by atoms with Crippen LogP contribution in [0.15, 0.2) is 53.6 Å². The molecular weight excluding hydrogens is 483 g/mol. The molecule has 3 rings (SSSR count). The highest BCUT2D eigenvalue weighted by atomic mass is 35.5. The molecule has 0 fully saturated rings. The van der Waals surface area contributed by atoms with Gasteiger partial charge in [-0.3, -0.25) is 9.10 Å². The highest BCUT2D eigenvalue weighted by molar-refractivity contribution is 7.92. The Bertz CT molecular complexity index is 1310. The van der Waals surface area contributed by atoms with Crippen molar-refractivity contribution in [2.24, 2.45) is 5.10 Å². The van der Waals surface area contributed by atoms with E-state index in [2.05, 4.69) is 10.5 Å². The van der Waals surface area contributed by atoms with Crippen LogP contribution < -0.4 is 9.73 Å². The van der Waals surface area contributed by atoms with E-state index in [-0.39, 0.29) is 6.54 Å². The SMILES string of the molecule is Cc1cccc(N(CC(=O)N/N=C\c2cc(C)n(-c3cc(Cl)cc(Cl)c3)c2C)S(C)(=O)=O)c1. The van der Waals surface area contributed by atoms with Crippen LogP contribution in [-0.2, 0) is 14.8 Å². The van der Waals surface area contributed by atoms with Crippen LogP contribution in [0, 0.1) is 20.8 Å². The summed E-state index contributed by atoms with van der Waals surface area (Å²) < 4.78 is 27.5. The van der Waals surface area contributed by atoms with E-state index in [9.17, 15) is 13.2 Å². The second kappa shape index (κ2) is 9.99. The number of sulfonamides is 1. The summed E-state index contributed by atoms with van der Waals surface area (Å²) in [7, 11) is -3.66. The predicted molar refractivity (Wildman–Crippen MR) is 134 cm³/mol. The number of carbonyl (C=O) groups is 1. The number of benzene rings is 2. The van der Waals surface area contributed by atoms with Gasteiger partial charge in [0.05, 0.1) is 18.2 Å². The van der Waals surface area contributed by atoms with Crippen molar-refractivity contribution in [2.75, 3.05) is 17.1 Å². The Balaban J connectivity index is 1.76. The van der Waals surface area contributed by atoms with Gasteiger partial charge in [-0.1, -0.05) is 35.3 Å². The molecule has 0 bridgehead atoms. The summed E-state index contributed by atoms with van der Waals surface area (Å²) in [6.45, 7) is 5.31. The zero-order chi connectivity index (χ0) is 24.3. The molecule has 10 heteroatoms. The summed E-state index contributed by atoms with van der Waals surface area (Å²) in [6.07, 6.45) is 2.57. The van der Waals surface area contributed by atoms with Gasteiger partial charge < -0.3 is 4.57 Å². The number of aromatic nitrogens is 1. The molecule has 1 amide bonds. The van der Waals surface area contributed by atoms with Crippen molar-refractivity contribution in [3.05, 3.63) is 81.1 Å². The minimum Gasteiger partial charge on any atom is -0.318 e. The van der Waals surface area contributed by atoms with E-state index in [0.717, 1.165) is 38.8 Å². The first-order valence-corrected chi connectivity index (χ1v) is 12.6. The number of hydrogen-bond donors (Lipinski definition) is 1. The maximum atomic E-state index is 12.4. The third-order valence-electron chi connectivity index (χ3n) is 4.95. The molecular formula is C23H24Cl2N4O3S. The molecule has 3 aromatic rings. The number of anilines is 1. The number of aryl methyl sites for hydroxylation is 2. The zero-order valence-corrected chi connectivity index (χ0v) is 21.0. The minimum atomic E-state index is -3.66. The summed E-state index contributed by atoms with van der Waals surface area (Å²) in [6, 6.07) is 14.1. The predicted octanol–water partition coefficient (Wildman–Crippen LogP) is 4.63. The van der Waals surface area contributed by atoms with Crippen molar-refractivity contribution < 1.29 is 13.2 Å². The molecule has 0 saturated carbocycles. The average Bonchev–Trinajstić information content (AvgIpc) is 2.97. The van der Waals surface area contributed by atoms with E-state index < -0.39 is 15.9 Å². The number of halogens is 2. The molecule has 2 aromatic carbocycles. The Morgan fingerprint density at radius 2 is 1.76 bits per heavy atom. The Labute approximate surface area is 203 Å². The van der Waals surface area contributed by atoms with Crippen LogP contribution in [0.5, 0.6) is 0 Å². The van der Waals surface area contributed by atoms with Gasteiger partial charge in [0.25, 0.3) is 5.91 Å². The lowest BCUT2D eigenvalue weighted by Crippen LogP contribution is -2.39. The Kier molecular flexibility index (Phi) is 7.51. The molecule has 0 spiro atoms. The first kappa shape index (κ1) is 24.8. The number of nitrogens with one attached hydrogen (secondary N) is 1. The van der Waals surface area contributed by atoms with E-state index in [1.165, 1.54) is 6.21 Å². The largest absolute Gasteiger partial charge is 0.318 e. The van der Waals surface area contributed by atoms with Crippen molar-refractivity contribution >= 4 is 51.0 Å². The first-order valence-electron chi connectivity index (χ1n) is 9.97. The third kappa shape index (κ3) is 6.16. The van der Waals surface area contributed by atoms with Gasteiger partial charge in [0, 0.05) is 32.7 Å². The number of hydrazone groups is 1. The van der Waals surface area contributed by atoms with E-state index in [1.54, 1.807) is 36.4 Å². The average molecular weight is 507 g/mol. The van der Waals surface area contributed by atoms with Crippen LogP contribution >= 0.6 is 23.2 Å². The van der Waals surface area contributed by atoms with Crippen molar-refractivity contribution in [1.29, 1.82) is 0 Å². The van der Waals surface area contributed by atoms with Gasteiger partial charge in [-0.05, 0) is 62.7 Å². The molecule has 174 valence electrons. The van der Waals surface area contributed by atoms with Crippen LogP contribution in [0.25, 0.3) is 5.69 Å². The Morgan fingerprint density at radius 3 is 2.36 bits per heavy atom. The minimum absolute atomic E-state index is 0.389. The fraction of sp³-hybridized carbons (Fsp3) is 0.217. The molecule has 33 heavy (non-hydrogen) atoms. The van der Waals surface area contributed by atoms with Gasteiger partial charge in [-0.15, -0.1) is 0 Å². The first-order chi connectivity index (χ1) is 15.5. The summed E-state index contributed by atoms with van der Waals surface area (Å²) in [5.41, 5.74) is 7.11. The van der Waals surface area contributed by atoms with Gasteiger partial charge in [0.15, 0.2) is 0 Å². The molecule has 7 nitrogen and oxygen atoms in total. The second-order valence-electron chi connectivity index (χ2n) is 7.69. The Hall–Kier alpha value is -2.81. The smallest absolute Gasteiger partial charge is 0.260 e. The number of nitrogens with zero attached hydrogens (tertiary/aromatic N) is 3. The monoisotopic (exact) mass is 506 g/mol. The topological polar surface area (TPSA) is 83.8 Å². The quantitative estimate of drug-likeness (QED) is 0.374. The third-order valence-corrected chi connectivity index (χ3v) is 6.52. The van der Waals surface area contributed by atoms with Crippen LogP contribution in [0.2, 0.25) is 10.0 Å². The Morgan fingerprint density at radius 1 is 1.09 bits per heavy atom. The van der Waals surface area contributed by atoms with Gasteiger partial charge in [-0.2, -0.15) is 5.10 Å². The summed E-state index contributed by atoms with van der Waals surface area (Å²) in [4.78, 5) is 12.4. The fourth-order valence-corrected chi connectivity index (χ4v) is 4.87. The molecule has 0 saturated heterocycles. The standard InChI is InChI=1S/C23H24Cl2N4O3S/c1-15-6-5-7-21(8-15)28(33(4,31)32)14-23(30)27-26-13-18-9-16(2)29(17(18)3)22-11-19(24)10-20(25)12-22/h5-13H,14H2,1-4H3,(H,27,30)/b26-13-. The summed E-state index contributed by atoms with van der Waals surface area (Å²) >= 11 is 12.3. The highest BCUT2D eigenvalue weighted by Crippen LogP contribution is 2.26. The van der Waals surface area contributed by atoms with E-state index in [4.69, 9.17) is 23.2 Å². The number of rotatable bonds is 7. The number of amides is 1. The van der Waals surface area contributed by atoms with E-state index in [1.807, 2.05) is 37.5 Å². The van der Waals surface area contributed by atoms with Crippen LogP contribution in [-0.4, -0.2) is 37.9 Å². The van der Waals surface area contributed by atoms with Crippen molar-refractivity contribution in [1.82, 2.24) is 9.99 Å². The van der Waals surface area contributed by atoms with Crippen molar-refractivity contribution in [2.45, 2.75) is 20.8 Å². The van der Waals surface area contributed by atoms with Crippen molar-refractivity contribution in [3.8, 4) is 5.69 Å². The molecule has 0 atom stereocenters. The van der Waals surface area contributed by atoms with Gasteiger partial charge >= 0.3 is 0 Å². The molecule has 1 N–H and O–H groups in total. The maximum Gasteiger partial charge on any atom is 0.260 e. The molecule has 1 heterocycles. The van der Waals surface area contributed by atoms with E-state index in [0.29, 0.717) is 15.7 Å². The molecule has 0 aliphatic rings. The second-order valence-corrected chi connectivity index (χ2v) is 10.5. The lowest BCUT2D eigenvalue weighted by atomic mass is 10.2. The molecule has 0 aliphatic heterocycles. The molecule has 1 aromatic heterocycles. The summed E-state index contributed by atoms with van der Waals surface area (Å²) in [5.74, 6) is -0.561. The fourth-order valence-electron chi connectivity index (χ4n) is 3.51. The molecule has 0 aliphatic carbocycles. The van der Waals surface area contributed by atoms with Crippen LogP contribution in [0.4, 0.5) is 5.69 Å². The van der Waals surface area contributed by atoms with Gasteiger partial charge in [-0.25, -0.2) is 13.8 Å². The van der Waals surface area contributed by atoms with Crippen LogP contribution in [0.1, 0.15) is 22.5 Å². The van der Waals surface area contributed by atoms with Gasteiger partial charge in [0.2, 0.25) is 10.0 Å². The molecule has 0 unspecified atom stereocenters. The van der Waals surface area contributed by atoms with Crippen LogP contribution in [0.3, 0.4) is 0 Å². The van der Waals surface area contributed by atoms with Gasteiger partial charge in [0.1, 0.15) is 6.54 Å². The number of hydrogen-bond acceptors (Lipinski definition) is 4. The van der Waals surface area contributed by atoms with E-state index >= 15 is 0 Å². The molecule has 0 radical (unpaired) electrons. The zero-order valence-electron chi connectivity index (χ0n) is 18.6. The van der Waals surface area contributed by atoms with Crippen molar-refractivity contribution in [3.63, 3.8) is 0 Å². The lowest BCUT2D eigenvalue weighted by molar-refractivity contribution is -0.119. The highest BCUT2D eigenvalue weighted by Gasteiger charge is 2.20. The summed E-state index contributed by atoms with van der Waals surface area (Å²) in [5, 5.41) is 5.07. The maximum absolute atomic E-state index is 12.4. The normalized spacial score (nSPS) is 11.7. The lowest BCUT2D eigenvalue weighted by Gasteiger charge is -2.21.